The lowest BCUT2D eigenvalue weighted by atomic mass is 10.0. The van der Waals surface area contributed by atoms with Gasteiger partial charge in [-0.2, -0.15) is 11.8 Å². The molecular weight excluding hydrogens is 240 g/mol. The molecule has 2 aliphatic rings. The molecule has 2 aliphatic heterocycles. The van der Waals surface area contributed by atoms with Crippen molar-refractivity contribution in [3.8, 4) is 0 Å². The molecule has 106 valence electrons. The summed E-state index contributed by atoms with van der Waals surface area (Å²) in [7, 11) is 0. The zero-order valence-corrected chi connectivity index (χ0v) is 13.0. The maximum Gasteiger partial charge on any atom is 0.0197 e. The zero-order chi connectivity index (χ0) is 12.8. The van der Waals surface area contributed by atoms with Crippen LogP contribution in [0, 0.1) is 11.8 Å². The highest BCUT2D eigenvalue weighted by Crippen LogP contribution is 2.24. The van der Waals surface area contributed by atoms with Crippen molar-refractivity contribution < 1.29 is 0 Å². The van der Waals surface area contributed by atoms with E-state index in [1.54, 1.807) is 0 Å². The number of nitrogens with one attached hydrogen (secondary N) is 1. The lowest BCUT2D eigenvalue weighted by Gasteiger charge is -2.30. The van der Waals surface area contributed by atoms with Crippen LogP contribution in [-0.2, 0) is 0 Å². The Labute approximate surface area is 117 Å². The summed E-state index contributed by atoms with van der Waals surface area (Å²) in [5.41, 5.74) is 0. The van der Waals surface area contributed by atoms with Gasteiger partial charge in [0.1, 0.15) is 0 Å². The van der Waals surface area contributed by atoms with E-state index in [0.717, 1.165) is 17.9 Å². The van der Waals surface area contributed by atoms with E-state index >= 15 is 0 Å². The number of hydrogen-bond acceptors (Lipinski definition) is 3. The molecule has 2 nitrogen and oxygen atoms in total. The van der Waals surface area contributed by atoms with Crippen molar-refractivity contribution in [2.45, 2.75) is 45.6 Å². The smallest absolute Gasteiger partial charge is 0.0197 e. The van der Waals surface area contributed by atoms with E-state index in [0.29, 0.717) is 0 Å². The van der Waals surface area contributed by atoms with Gasteiger partial charge in [0.15, 0.2) is 0 Å². The molecule has 0 spiro atoms. The van der Waals surface area contributed by atoms with Crippen molar-refractivity contribution in [2.24, 2.45) is 11.8 Å². The monoisotopic (exact) mass is 270 g/mol. The first-order valence-electron chi connectivity index (χ1n) is 7.77. The quantitative estimate of drug-likeness (QED) is 0.846. The lowest BCUT2D eigenvalue weighted by molar-refractivity contribution is 0.212. The fourth-order valence-corrected chi connectivity index (χ4v) is 4.47. The highest BCUT2D eigenvalue weighted by molar-refractivity contribution is 7.99. The minimum atomic E-state index is 0.727. The summed E-state index contributed by atoms with van der Waals surface area (Å²) < 4.78 is 0. The molecule has 1 N–H and O–H groups in total. The van der Waals surface area contributed by atoms with E-state index < -0.39 is 0 Å². The van der Waals surface area contributed by atoms with Gasteiger partial charge in [-0.15, -0.1) is 0 Å². The Bertz CT molecular complexity index is 227. The van der Waals surface area contributed by atoms with E-state index in [9.17, 15) is 0 Å². The topological polar surface area (TPSA) is 15.3 Å². The Morgan fingerprint density at radius 2 is 2.06 bits per heavy atom. The minimum absolute atomic E-state index is 0.727. The highest BCUT2D eigenvalue weighted by Gasteiger charge is 2.22. The second kappa shape index (κ2) is 7.76. The molecule has 2 saturated heterocycles. The summed E-state index contributed by atoms with van der Waals surface area (Å²) in [6, 6.07) is 0.727. The van der Waals surface area contributed by atoms with Crippen molar-refractivity contribution in [1.82, 2.24) is 10.2 Å². The summed E-state index contributed by atoms with van der Waals surface area (Å²) in [6.07, 6.45) is 5.56. The van der Waals surface area contributed by atoms with Gasteiger partial charge in [-0.3, -0.25) is 0 Å². The SMILES string of the molecule is CC(C)CC1CN(CC2CCSCC2)CCCN1. The number of rotatable bonds is 4. The molecule has 18 heavy (non-hydrogen) atoms. The van der Waals surface area contributed by atoms with Crippen molar-refractivity contribution in [2.75, 3.05) is 37.7 Å². The van der Waals surface area contributed by atoms with E-state index in [1.165, 1.54) is 63.4 Å². The van der Waals surface area contributed by atoms with Crippen LogP contribution in [0.3, 0.4) is 0 Å². The summed E-state index contributed by atoms with van der Waals surface area (Å²) in [5.74, 6) is 4.58. The third-order valence-electron chi connectivity index (χ3n) is 4.18. The maximum atomic E-state index is 3.73. The third-order valence-corrected chi connectivity index (χ3v) is 5.22. The molecule has 2 fully saturated rings. The number of thioether (sulfide) groups is 1. The Morgan fingerprint density at radius 1 is 1.28 bits per heavy atom. The largest absolute Gasteiger partial charge is 0.313 e. The molecule has 3 heteroatoms. The molecule has 1 unspecified atom stereocenters. The fraction of sp³-hybridized carbons (Fsp3) is 1.00. The Hall–Kier alpha value is 0.270. The summed E-state index contributed by atoms with van der Waals surface area (Å²) in [5, 5.41) is 3.73. The van der Waals surface area contributed by atoms with Crippen molar-refractivity contribution >= 4 is 11.8 Å². The first-order chi connectivity index (χ1) is 8.74. The van der Waals surface area contributed by atoms with Gasteiger partial charge in [0.25, 0.3) is 0 Å². The van der Waals surface area contributed by atoms with Gasteiger partial charge in [0.2, 0.25) is 0 Å². The Balaban J connectivity index is 1.78. The Kier molecular flexibility index (Phi) is 6.33. The molecule has 0 saturated carbocycles. The molecule has 0 aromatic carbocycles. The lowest BCUT2D eigenvalue weighted by Crippen LogP contribution is -2.40. The van der Waals surface area contributed by atoms with Crippen LogP contribution in [0.15, 0.2) is 0 Å². The van der Waals surface area contributed by atoms with Crippen LogP contribution in [0.5, 0.6) is 0 Å². The average Bonchev–Trinajstić information content (AvgIpc) is 2.55. The zero-order valence-electron chi connectivity index (χ0n) is 12.2. The van der Waals surface area contributed by atoms with Crippen LogP contribution in [0.2, 0.25) is 0 Å². The highest BCUT2D eigenvalue weighted by atomic mass is 32.2. The van der Waals surface area contributed by atoms with Gasteiger partial charge < -0.3 is 10.2 Å². The summed E-state index contributed by atoms with van der Waals surface area (Å²) in [6.45, 7) is 9.85. The van der Waals surface area contributed by atoms with E-state index in [-0.39, 0.29) is 0 Å². The molecule has 2 heterocycles. The average molecular weight is 270 g/mol. The number of hydrogen-bond donors (Lipinski definition) is 1. The van der Waals surface area contributed by atoms with Crippen LogP contribution in [0.25, 0.3) is 0 Å². The van der Waals surface area contributed by atoms with Crippen LogP contribution in [0.4, 0.5) is 0 Å². The second-order valence-electron chi connectivity index (χ2n) is 6.45. The van der Waals surface area contributed by atoms with E-state index in [4.69, 9.17) is 0 Å². The predicted molar refractivity (Wildman–Crippen MR) is 82.4 cm³/mol. The van der Waals surface area contributed by atoms with Crippen molar-refractivity contribution in [3.63, 3.8) is 0 Å². The molecule has 0 bridgehead atoms. The van der Waals surface area contributed by atoms with E-state index in [2.05, 4.69) is 35.8 Å². The van der Waals surface area contributed by atoms with Crippen molar-refractivity contribution in [3.05, 3.63) is 0 Å². The maximum absolute atomic E-state index is 3.73. The van der Waals surface area contributed by atoms with E-state index in [1.807, 2.05) is 0 Å². The standard InChI is InChI=1S/C15H30N2S/c1-13(2)10-15-12-17(7-3-6-16-15)11-14-4-8-18-9-5-14/h13-16H,3-12H2,1-2H3. The molecule has 0 aromatic heterocycles. The molecule has 0 aromatic rings. The predicted octanol–water partition coefficient (Wildman–Crippen LogP) is 2.84. The van der Waals surface area contributed by atoms with Crippen LogP contribution < -0.4 is 5.32 Å². The van der Waals surface area contributed by atoms with Gasteiger partial charge in [0.05, 0.1) is 0 Å². The van der Waals surface area contributed by atoms with Crippen LogP contribution in [0.1, 0.15) is 39.5 Å². The van der Waals surface area contributed by atoms with Crippen LogP contribution in [-0.4, -0.2) is 48.6 Å². The molecule has 0 amide bonds. The van der Waals surface area contributed by atoms with Crippen molar-refractivity contribution in [1.29, 1.82) is 0 Å². The summed E-state index contributed by atoms with van der Waals surface area (Å²) in [4.78, 5) is 2.74. The second-order valence-corrected chi connectivity index (χ2v) is 7.67. The fourth-order valence-electron chi connectivity index (χ4n) is 3.26. The number of nitrogens with zero attached hydrogens (tertiary/aromatic N) is 1. The third kappa shape index (κ3) is 5.10. The van der Waals surface area contributed by atoms with Crippen LogP contribution >= 0.6 is 11.8 Å². The molecule has 0 radical (unpaired) electrons. The molecule has 0 aliphatic carbocycles. The molecule has 1 atom stereocenters. The first-order valence-corrected chi connectivity index (χ1v) is 8.93. The van der Waals surface area contributed by atoms with Gasteiger partial charge in [-0.25, -0.2) is 0 Å². The Morgan fingerprint density at radius 3 is 2.78 bits per heavy atom. The van der Waals surface area contributed by atoms with Gasteiger partial charge in [0, 0.05) is 19.1 Å². The normalized spacial score (nSPS) is 28.5. The molecular formula is C15H30N2S. The van der Waals surface area contributed by atoms with Gasteiger partial charge >= 0.3 is 0 Å². The summed E-state index contributed by atoms with van der Waals surface area (Å²) >= 11 is 2.14. The minimum Gasteiger partial charge on any atom is -0.313 e. The first kappa shape index (κ1) is 14.7. The van der Waals surface area contributed by atoms with Gasteiger partial charge in [-0.1, -0.05) is 13.8 Å². The van der Waals surface area contributed by atoms with Gasteiger partial charge in [-0.05, 0) is 62.1 Å². The molecule has 2 rings (SSSR count).